The molecule has 0 atom stereocenters. The second kappa shape index (κ2) is 7.90. The number of benzene rings is 1. The van der Waals surface area contributed by atoms with Gasteiger partial charge in [0, 0.05) is 28.9 Å². The van der Waals surface area contributed by atoms with Crippen LogP contribution in [0.3, 0.4) is 0 Å². The van der Waals surface area contributed by atoms with Gasteiger partial charge in [-0.2, -0.15) is 0 Å². The monoisotopic (exact) mass is 377 g/mol. The second-order valence-corrected chi connectivity index (χ2v) is 7.24. The van der Waals surface area contributed by atoms with Crippen LogP contribution in [0, 0.1) is 6.92 Å². The Labute approximate surface area is 163 Å². The molecule has 0 bridgehead atoms. The number of nitrogens with one attached hydrogen (secondary N) is 2. The van der Waals surface area contributed by atoms with Gasteiger partial charge in [0.05, 0.1) is 11.6 Å². The fraction of sp³-hybridized carbons (Fsp3) is 0.333. The smallest absolute Gasteiger partial charge is 0.256 e. The Morgan fingerprint density at radius 2 is 1.93 bits per heavy atom. The van der Waals surface area contributed by atoms with Crippen LogP contribution in [0.1, 0.15) is 41.7 Å². The maximum atomic E-state index is 12.6. The zero-order valence-corrected chi connectivity index (χ0v) is 15.7. The van der Waals surface area contributed by atoms with E-state index in [1.54, 1.807) is 24.4 Å². The number of aryl methyl sites for hydroxylation is 1. The summed E-state index contributed by atoms with van der Waals surface area (Å²) in [6.07, 6.45) is 4.94. The molecule has 1 fully saturated rings. The number of pyridine rings is 1. The molecular weight excluding hydrogens is 354 g/mol. The highest BCUT2D eigenvalue weighted by atomic mass is 16.3. The number of hydrogen-bond donors (Lipinski definition) is 3. The summed E-state index contributed by atoms with van der Waals surface area (Å²) in [6, 6.07) is 11.1. The molecule has 3 N–H and O–H groups in total. The molecule has 0 spiro atoms. The van der Waals surface area contributed by atoms with Crippen molar-refractivity contribution in [1.29, 1.82) is 0 Å². The minimum atomic E-state index is -0.227. The van der Waals surface area contributed by atoms with Crippen molar-refractivity contribution in [2.75, 3.05) is 10.6 Å². The number of anilines is 2. The third-order valence-electron chi connectivity index (χ3n) is 5.00. The van der Waals surface area contributed by atoms with E-state index in [9.17, 15) is 9.90 Å². The van der Waals surface area contributed by atoms with Gasteiger partial charge >= 0.3 is 0 Å². The minimum Gasteiger partial charge on any atom is -0.393 e. The van der Waals surface area contributed by atoms with Gasteiger partial charge in [0.25, 0.3) is 5.91 Å². The van der Waals surface area contributed by atoms with Crippen molar-refractivity contribution in [2.45, 2.75) is 44.8 Å². The van der Waals surface area contributed by atoms with Crippen molar-refractivity contribution < 1.29 is 9.90 Å². The molecule has 1 aliphatic carbocycles. The van der Waals surface area contributed by atoms with Gasteiger partial charge in [-0.3, -0.25) is 4.79 Å². The number of aliphatic hydroxyl groups is 1. The molecule has 2 aromatic heterocycles. The van der Waals surface area contributed by atoms with Crippen molar-refractivity contribution in [3.05, 3.63) is 53.9 Å². The van der Waals surface area contributed by atoms with Crippen molar-refractivity contribution in [1.82, 2.24) is 15.0 Å². The molecule has 28 heavy (non-hydrogen) atoms. The Morgan fingerprint density at radius 1 is 1.11 bits per heavy atom. The van der Waals surface area contributed by atoms with E-state index in [0.717, 1.165) is 36.8 Å². The molecule has 3 aromatic rings. The Hall–Kier alpha value is -3.06. The van der Waals surface area contributed by atoms with Gasteiger partial charge < -0.3 is 15.7 Å². The lowest BCUT2D eigenvalue weighted by atomic mass is 9.93. The average molecular weight is 377 g/mol. The summed E-state index contributed by atoms with van der Waals surface area (Å²) in [5, 5.41) is 16.7. The van der Waals surface area contributed by atoms with Crippen LogP contribution in [-0.4, -0.2) is 38.1 Å². The number of hydrogen-bond acceptors (Lipinski definition) is 6. The zero-order valence-electron chi connectivity index (χ0n) is 15.7. The first kappa shape index (κ1) is 18.3. The summed E-state index contributed by atoms with van der Waals surface area (Å²) in [5.41, 5.74) is 2.06. The quantitative estimate of drug-likeness (QED) is 0.645. The molecule has 7 heteroatoms. The molecule has 1 saturated carbocycles. The fourth-order valence-corrected chi connectivity index (χ4v) is 3.44. The summed E-state index contributed by atoms with van der Waals surface area (Å²) >= 11 is 0. The largest absolute Gasteiger partial charge is 0.393 e. The van der Waals surface area contributed by atoms with E-state index in [-0.39, 0.29) is 18.1 Å². The third kappa shape index (κ3) is 4.26. The number of aromatic nitrogens is 3. The number of carbonyl (C=O) groups excluding carboxylic acids is 1. The number of amides is 1. The van der Waals surface area contributed by atoms with Crippen LogP contribution in [0.5, 0.6) is 0 Å². The highest BCUT2D eigenvalue weighted by Crippen LogP contribution is 2.22. The topological polar surface area (TPSA) is 100 Å². The first-order valence-corrected chi connectivity index (χ1v) is 9.53. The van der Waals surface area contributed by atoms with Gasteiger partial charge in [-0.15, -0.1) is 0 Å². The van der Waals surface area contributed by atoms with Crippen molar-refractivity contribution >= 4 is 28.6 Å². The maximum absolute atomic E-state index is 12.6. The van der Waals surface area contributed by atoms with Crippen LogP contribution >= 0.6 is 0 Å². The van der Waals surface area contributed by atoms with Crippen LogP contribution < -0.4 is 10.6 Å². The Balaban J connectivity index is 1.51. The molecule has 4 rings (SSSR count). The first-order chi connectivity index (χ1) is 13.6. The third-order valence-corrected chi connectivity index (χ3v) is 5.00. The predicted octanol–water partition coefficient (Wildman–Crippen LogP) is 3.30. The van der Waals surface area contributed by atoms with Gasteiger partial charge in [-0.1, -0.05) is 12.1 Å². The highest BCUT2D eigenvalue weighted by molar-refractivity contribution is 6.05. The highest BCUT2D eigenvalue weighted by Gasteiger charge is 2.20. The Bertz CT molecular complexity index is 999. The normalized spacial score (nSPS) is 19.4. The van der Waals surface area contributed by atoms with Crippen LogP contribution in [0.25, 0.3) is 10.9 Å². The summed E-state index contributed by atoms with van der Waals surface area (Å²) in [7, 11) is 0. The number of carbonyl (C=O) groups is 1. The summed E-state index contributed by atoms with van der Waals surface area (Å²) in [6.45, 7) is 1.88. The van der Waals surface area contributed by atoms with E-state index in [1.165, 1.54) is 0 Å². The lowest BCUT2D eigenvalue weighted by Gasteiger charge is -2.26. The first-order valence-electron chi connectivity index (χ1n) is 9.53. The number of fused-ring (bicyclic) bond motifs is 1. The minimum absolute atomic E-state index is 0.195. The molecule has 1 aromatic carbocycles. The predicted molar refractivity (Wildman–Crippen MR) is 108 cm³/mol. The second-order valence-electron chi connectivity index (χ2n) is 7.24. The SMILES string of the molecule is Cc1cccc(NC(=O)c2ccc3cnc(N[C@H]4CC[C@H](O)CC4)nc3c2)n1. The van der Waals surface area contributed by atoms with Gasteiger partial charge in [0.1, 0.15) is 5.82 Å². The standard InChI is InChI=1S/C21H23N5O2/c1-13-3-2-4-19(23-13)26-20(28)14-5-6-15-12-22-21(25-18(15)11-14)24-16-7-9-17(27)10-8-16/h2-6,11-12,16-17,27H,7-10H2,1H3,(H,22,24,25)(H,23,26,28)/t16-,17-. The van der Waals surface area contributed by atoms with Crippen LogP contribution in [-0.2, 0) is 0 Å². The van der Waals surface area contributed by atoms with E-state index in [1.807, 2.05) is 25.1 Å². The van der Waals surface area contributed by atoms with E-state index >= 15 is 0 Å². The molecule has 1 aliphatic rings. The van der Waals surface area contributed by atoms with E-state index in [0.29, 0.717) is 22.8 Å². The number of rotatable bonds is 4. The van der Waals surface area contributed by atoms with E-state index in [2.05, 4.69) is 25.6 Å². The molecule has 0 aliphatic heterocycles. The van der Waals surface area contributed by atoms with E-state index in [4.69, 9.17) is 0 Å². The van der Waals surface area contributed by atoms with Crippen LogP contribution in [0.15, 0.2) is 42.6 Å². The zero-order chi connectivity index (χ0) is 19.5. The Morgan fingerprint density at radius 3 is 2.71 bits per heavy atom. The molecule has 0 saturated heterocycles. The lowest BCUT2D eigenvalue weighted by Crippen LogP contribution is -2.28. The summed E-state index contributed by atoms with van der Waals surface area (Å²) in [4.78, 5) is 25.8. The molecule has 7 nitrogen and oxygen atoms in total. The molecule has 0 unspecified atom stereocenters. The van der Waals surface area contributed by atoms with E-state index < -0.39 is 0 Å². The van der Waals surface area contributed by atoms with Gasteiger partial charge in [-0.25, -0.2) is 15.0 Å². The van der Waals surface area contributed by atoms with Crippen LogP contribution in [0.4, 0.5) is 11.8 Å². The number of nitrogens with zero attached hydrogens (tertiary/aromatic N) is 3. The molecular formula is C21H23N5O2. The number of aliphatic hydroxyl groups excluding tert-OH is 1. The van der Waals surface area contributed by atoms with Crippen molar-refractivity contribution in [2.24, 2.45) is 0 Å². The van der Waals surface area contributed by atoms with Gasteiger partial charge in [0.2, 0.25) is 5.95 Å². The lowest BCUT2D eigenvalue weighted by molar-refractivity contribution is 0.102. The summed E-state index contributed by atoms with van der Waals surface area (Å²) < 4.78 is 0. The molecule has 1 amide bonds. The fourth-order valence-electron chi connectivity index (χ4n) is 3.44. The van der Waals surface area contributed by atoms with Gasteiger partial charge in [-0.05, 0) is 56.9 Å². The summed E-state index contributed by atoms with van der Waals surface area (Å²) in [5.74, 6) is 0.843. The molecule has 0 radical (unpaired) electrons. The Kier molecular flexibility index (Phi) is 5.16. The van der Waals surface area contributed by atoms with Gasteiger partial charge in [0.15, 0.2) is 0 Å². The molecule has 144 valence electrons. The molecule has 2 heterocycles. The van der Waals surface area contributed by atoms with Crippen molar-refractivity contribution in [3.63, 3.8) is 0 Å². The average Bonchev–Trinajstić information content (AvgIpc) is 2.69. The van der Waals surface area contributed by atoms with Crippen molar-refractivity contribution in [3.8, 4) is 0 Å². The van der Waals surface area contributed by atoms with Crippen LogP contribution in [0.2, 0.25) is 0 Å². The maximum Gasteiger partial charge on any atom is 0.256 e.